The summed E-state index contributed by atoms with van der Waals surface area (Å²) in [6.07, 6.45) is 2.11. The molecule has 0 radical (unpaired) electrons. The molecule has 136 valence electrons. The van der Waals surface area contributed by atoms with Crippen molar-refractivity contribution in [2.24, 2.45) is 5.92 Å². The summed E-state index contributed by atoms with van der Waals surface area (Å²) in [6.45, 7) is 3.94. The van der Waals surface area contributed by atoms with Crippen LogP contribution in [0.1, 0.15) is 30.1 Å². The van der Waals surface area contributed by atoms with Crippen molar-refractivity contribution in [3.8, 4) is 0 Å². The van der Waals surface area contributed by atoms with Crippen LogP contribution in [0.5, 0.6) is 0 Å². The molecular weight excluding hydrogens is 330 g/mol. The first-order chi connectivity index (χ1) is 12.5. The molecule has 0 saturated carbocycles. The average Bonchev–Trinajstić information content (AvgIpc) is 2.67. The van der Waals surface area contributed by atoms with Crippen LogP contribution in [-0.4, -0.2) is 31.0 Å². The number of hydrogen-bond acceptors (Lipinski definition) is 4. The molecule has 2 aromatic carbocycles. The monoisotopic (exact) mass is 353 g/mol. The quantitative estimate of drug-likeness (QED) is 0.613. The second-order valence-electron chi connectivity index (χ2n) is 6.83. The van der Waals surface area contributed by atoms with Gasteiger partial charge in [-0.15, -0.1) is 0 Å². The van der Waals surface area contributed by atoms with E-state index in [0.29, 0.717) is 11.5 Å². The maximum Gasteiger partial charge on any atom is 0.270 e. The molecule has 6 heteroatoms. The van der Waals surface area contributed by atoms with Crippen molar-refractivity contribution in [1.82, 2.24) is 0 Å². The van der Waals surface area contributed by atoms with Gasteiger partial charge < -0.3 is 9.80 Å². The Morgan fingerprint density at radius 1 is 1.15 bits per heavy atom. The number of carbonyl (C=O) groups excluding carboxylic acids is 1. The molecule has 0 aliphatic carbocycles. The zero-order valence-electron chi connectivity index (χ0n) is 15.1. The Morgan fingerprint density at radius 3 is 2.42 bits per heavy atom. The van der Waals surface area contributed by atoms with E-state index in [0.717, 1.165) is 37.3 Å². The van der Waals surface area contributed by atoms with Crippen LogP contribution in [0.3, 0.4) is 0 Å². The number of piperidine rings is 1. The normalized spacial score (nSPS) is 14.9. The highest BCUT2D eigenvalue weighted by molar-refractivity contribution is 6.09. The minimum atomic E-state index is -0.457. The molecule has 0 N–H and O–H groups in total. The maximum atomic E-state index is 13.1. The third-order valence-corrected chi connectivity index (χ3v) is 4.99. The van der Waals surface area contributed by atoms with Crippen molar-refractivity contribution in [2.45, 2.75) is 19.8 Å². The summed E-state index contributed by atoms with van der Waals surface area (Å²) in [6, 6.07) is 13.9. The molecule has 2 aromatic rings. The Morgan fingerprint density at radius 2 is 1.81 bits per heavy atom. The molecule has 1 saturated heterocycles. The van der Waals surface area contributed by atoms with Crippen LogP contribution in [0.25, 0.3) is 0 Å². The lowest BCUT2D eigenvalue weighted by Crippen LogP contribution is -2.35. The predicted octanol–water partition coefficient (Wildman–Crippen LogP) is 4.11. The van der Waals surface area contributed by atoms with Gasteiger partial charge in [0.2, 0.25) is 0 Å². The Balaban J connectivity index is 1.98. The van der Waals surface area contributed by atoms with Gasteiger partial charge >= 0.3 is 0 Å². The standard InChI is InChI=1S/C20H23N3O3/c1-15-10-12-22(13-11-15)19-9-8-17(23(25)26)14-18(19)20(24)21(2)16-6-4-3-5-7-16/h3-9,14-15H,10-13H2,1-2H3. The molecule has 0 unspecified atom stereocenters. The third kappa shape index (κ3) is 3.69. The highest BCUT2D eigenvalue weighted by Gasteiger charge is 2.25. The third-order valence-electron chi connectivity index (χ3n) is 4.99. The van der Waals surface area contributed by atoms with E-state index in [9.17, 15) is 14.9 Å². The molecule has 0 bridgehead atoms. The van der Waals surface area contributed by atoms with Crippen molar-refractivity contribution in [3.63, 3.8) is 0 Å². The van der Waals surface area contributed by atoms with Gasteiger partial charge in [-0.25, -0.2) is 0 Å². The number of non-ortho nitro benzene ring substituents is 1. The molecule has 26 heavy (non-hydrogen) atoms. The molecule has 0 spiro atoms. The summed E-state index contributed by atoms with van der Waals surface area (Å²) in [4.78, 5) is 27.6. The van der Waals surface area contributed by atoms with Crippen molar-refractivity contribution in [1.29, 1.82) is 0 Å². The molecule has 0 atom stereocenters. The van der Waals surface area contributed by atoms with Crippen LogP contribution in [0.15, 0.2) is 48.5 Å². The van der Waals surface area contributed by atoms with Gasteiger partial charge in [-0.2, -0.15) is 0 Å². The maximum absolute atomic E-state index is 13.1. The van der Waals surface area contributed by atoms with Crippen molar-refractivity contribution < 1.29 is 9.72 Å². The lowest BCUT2D eigenvalue weighted by Gasteiger charge is -2.33. The van der Waals surface area contributed by atoms with Crippen LogP contribution >= 0.6 is 0 Å². The minimum absolute atomic E-state index is 0.0658. The Kier molecular flexibility index (Phi) is 5.21. The Bertz CT molecular complexity index is 799. The van der Waals surface area contributed by atoms with Gasteiger partial charge in [-0.3, -0.25) is 14.9 Å². The van der Waals surface area contributed by atoms with Crippen LogP contribution < -0.4 is 9.80 Å². The summed E-state index contributed by atoms with van der Waals surface area (Å²) in [5.41, 5.74) is 1.83. The largest absolute Gasteiger partial charge is 0.371 e. The van der Waals surface area contributed by atoms with E-state index in [-0.39, 0.29) is 11.6 Å². The van der Waals surface area contributed by atoms with E-state index >= 15 is 0 Å². The van der Waals surface area contributed by atoms with E-state index in [4.69, 9.17) is 0 Å². The molecule has 6 nitrogen and oxygen atoms in total. The predicted molar refractivity (Wildman–Crippen MR) is 103 cm³/mol. The van der Waals surface area contributed by atoms with Crippen molar-refractivity contribution in [2.75, 3.05) is 29.9 Å². The number of amides is 1. The van der Waals surface area contributed by atoms with E-state index in [1.54, 1.807) is 13.1 Å². The fourth-order valence-electron chi connectivity index (χ4n) is 3.28. The molecule has 1 aliphatic heterocycles. The van der Waals surface area contributed by atoms with Gasteiger partial charge in [0.25, 0.3) is 11.6 Å². The topological polar surface area (TPSA) is 66.7 Å². The van der Waals surface area contributed by atoms with Crippen molar-refractivity contribution in [3.05, 3.63) is 64.2 Å². The van der Waals surface area contributed by atoms with Crippen LogP contribution in [0.2, 0.25) is 0 Å². The molecule has 1 amide bonds. The first-order valence-corrected chi connectivity index (χ1v) is 8.84. The van der Waals surface area contributed by atoms with Gasteiger partial charge in [0.1, 0.15) is 0 Å². The van der Waals surface area contributed by atoms with Gasteiger partial charge in [0.05, 0.1) is 16.2 Å². The minimum Gasteiger partial charge on any atom is -0.371 e. The fraction of sp³-hybridized carbons (Fsp3) is 0.350. The lowest BCUT2D eigenvalue weighted by molar-refractivity contribution is -0.384. The van der Waals surface area contributed by atoms with E-state index in [1.807, 2.05) is 30.3 Å². The summed E-state index contributed by atoms with van der Waals surface area (Å²) in [5.74, 6) is 0.420. The van der Waals surface area contributed by atoms with Gasteiger partial charge in [-0.05, 0) is 37.0 Å². The lowest BCUT2D eigenvalue weighted by atomic mass is 9.97. The number of anilines is 2. The number of para-hydroxylation sites is 1. The number of hydrogen-bond donors (Lipinski definition) is 0. The summed E-state index contributed by atoms with van der Waals surface area (Å²) < 4.78 is 0. The molecule has 3 rings (SSSR count). The summed E-state index contributed by atoms with van der Waals surface area (Å²) >= 11 is 0. The van der Waals surface area contributed by atoms with Crippen LogP contribution in [0, 0.1) is 16.0 Å². The number of nitrogens with zero attached hydrogens (tertiary/aromatic N) is 3. The molecule has 1 fully saturated rings. The molecule has 1 heterocycles. The number of benzene rings is 2. The van der Waals surface area contributed by atoms with E-state index in [1.165, 1.54) is 17.0 Å². The van der Waals surface area contributed by atoms with Gasteiger partial charge in [-0.1, -0.05) is 25.1 Å². The Hall–Kier alpha value is -2.89. The zero-order chi connectivity index (χ0) is 18.7. The average molecular weight is 353 g/mol. The van der Waals surface area contributed by atoms with Gasteiger partial charge in [0.15, 0.2) is 0 Å². The fourth-order valence-corrected chi connectivity index (χ4v) is 3.28. The summed E-state index contributed by atoms with van der Waals surface area (Å²) in [7, 11) is 1.69. The van der Waals surface area contributed by atoms with Gasteiger partial charge in [0, 0.05) is 38.0 Å². The van der Waals surface area contributed by atoms with Crippen LogP contribution in [0.4, 0.5) is 17.1 Å². The highest BCUT2D eigenvalue weighted by atomic mass is 16.6. The summed E-state index contributed by atoms with van der Waals surface area (Å²) in [5, 5.41) is 11.2. The smallest absolute Gasteiger partial charge is 0.270 e. The number of nitro groups is 1. The highest BCUT2D eigenvalue weighted by Crippen LogP contribution is 2.31. The van der Waals surface area contributed by atoms with Crippen molar-refractivity contribution >= 4 is 23.0 Å². The first kappa shape index (κ1) is 17.9. The Labute approximate surface area is 153 Å². The number of rotatable bonds is 4. The van der Waals surface area contributed by atoms with E-state index in [2.05, 4.69) is 11.8 Å². The number of nitro benzene ring substituents is 1. The zero-order valence-corrected chi connectivity index (χ0v) is 15.1. The number of carbonyl (C=O) groups is 1. The van der Waals surface area contributed by atoms with Crippen LogP contribution in [-0.2, 0) is 0 Å². The first-order valence-electron chi connectivity index (χ1n) is 8.84. The van der Waals surface area contributed by atoms with E-state index < -0.39 is 4.92 Å². The molecular formula is C20H23N3O3. The second-order valence-corrected chi connectivity index (χ2v) is 6.83. The molecule has 1 aliphatic rings. The SMILES string of the molecule is CC1CCN(c2ccc([N+](=O)[O-])cc2C(=O)N(C)c2ccccc2)CC1. The second kappa shape index (κ2) is 7.56. The molecule has 0 aromatic heterocycles.